The van der Waals surface area contributed by atoms with E-state index in [4.69, 9.17) is 9.47 Å². The van der Waals surface area contributed by atoms with Crippen molar-refractivity contribution < 1.29 is 14.4 Å². The highest BCUT2D eigenvalue weighted by Gasteiger charge is 2.18. The first-order valence-electron chi connectivity index (χ1n) is 4.64. The molecule has 1 heterocycles. The molecular weight excluding hydrogens is 358 g/mol. The first-order valence-corrected chi connectivity index (χ1v) is 6.22. The predicted octanol–water partition coefficient (Wildman–Crippen LogP) is 3.15. The predicted molar refractivity (Wildman–Crippen MR) is 69.2 cm³/mol. The van der Waals surface area contributed by atoms with Crippen LogP contribution in [0.1, 0.15) is 5.56 Å². The molecular formula is C10H7Br2NO4. The second-order valence-electron chi connectivity index (χ2n) is 3.30. The van der Waals surface area contributed by atoms with Gasteiger partial charge in [0.25, 0.3) is 0 Å². The largest absolute Gasteiger partial charge is 0.454 e. The number of hydrogen-bond acceptors (Lipinski definition) is 4. The van der Waals surface area contributed by atoms with Crippen LogP contribution < -0.4 is 9.47 Å². The third kappa shape index (κ3) is 2.78. The van der Waals surface area contributed by atoms with Crippen molar-refractivity contribution in [1.29, 1.82) is 0 Å². The average molecular weight is 365 g/mol. The number of benzene rings is 1. The van der Waals surface area contributed by atoms with Gasteiger partial charge in [-0.05, 0) is 49.6 Å². The number of fused-ring (bicyclic) bond motifs is 1. The number of rotatable bonds is 3. The summed E-state index contributed by atoms with van der Waals surface area (Å²) in [5.41, 5.74) is 1.27. The van der Waals surface area contributed by atoms with Crippen molar-refractivity contribution in [3.63, 3.8) is 0 Å². The Labute approximate surface area is 114 Å². The van der Waals surface area contributed by atoms with Crippen LogP contribution in [0.5, 0.6) is 11.5 Å². The topological polar surface area (TPSA) is 61.6 Å². The standard InChI is InChI=1S/C10H7Br2NO4/c11-10(12)7(4-13(14)15)6-1-2-8-9(3-6)17-5-16-8/h1-3H,4-5H2. The number of halogens is 2. The van der Waals surface area contributed by atoms with Crippen LogP contribution in [-0.2, 0) is 0 Å². The van der Waals surface area contributed by atoms with Crippen LogP contribution >= 0.6 is 31.9 Å². The Bertz CT molecular complexity index is 497. The summed E-state index contributed by atoms with van der Waals surface area (Å²) < 4.78 is 11.0. The summed E-state index contributed by atoms with van der Waals surface area (Å²) in [5.74, 6) is 1.25. The van der Waals surface area contributed by atoms with Gasteiger partial charge in [-0.3, -0.25) is 10.1 Å². The van der Waals surface area contributed by atoms with E-state index in [-0.39, 0.29) is 18.3 Å². The lowest BCUT2D eigenvalue weighted by Gasteiger charge is -2.05. The minimum absolute atomic E-state index is 0.183. The van der Waals surface area contributed by atoms with Crippen LogP contribution in [0.15, 0.2) is 21.6 Å². The van der Waals surface area contributed by atoms with Gasteiger partial charge < -0.3 is 9.47 Å². The third-order valence-corrected chi connectivity index (χ3v) is 3.19. The monoisotopic (exact) mass is 363 g/mol. The van der Waals surface area contributed by atoms with Crippen molar-refractivity contribution in [1.82, 2.24) is 0 Å². The number of hydrogen-bond donors (Lipinski definition) is 0. The molecule has 1 aromatic rings. The van der Waals surface area contributed by atoms with E-state index in [0.29, 0.717) is 20.5 Å². The van der Waals surface area contributed by atoms with Crippen molar-refractivity contribution in [3.8, 4) is 11.5 Å². The molecule has 1 aromatic carbocycles. The molecule has 0 saturated heterocycles. The molecule has 17 heavy (non-hydrogen) atoms. The van der Waals surface area contributed by atoms with E-state index in [9.17, 15) is 10.1 Å². The molecule has 0 bridgehead atoms. The Hall–Kier alpha value is -1.08. The summed E-state index contributed by atoms with van der Waals surface area (Å²) in [5, 5.41) is 10.6. The van der Waals surface area contributed by atoms with E-state index in [1.807, 2.05) is 0 Å². The van der Waals surface area contributed by atoms with Gasteiger partial charge in [-0.2, -0.15) is 0 Å². The van der Waals surface area contributed by atoms with Crippen LogP contribution in [0.4, 0.5) is 0 Å². The van der Waals surface area contributed by atoms with E-state index in [1.165, 1.54) is 0 Å². The molecule has 2 rings (SSSR count). The minimum atomic E-state index is -0.386. The number of nitro groups is 1. The second-order valence-corrected chi connectivity index (χ2v) is 5.95. The first-order chi connectivity index (χ1) is 8.08. The number of ether oxygens (including phenoxy) is 2. The molecule has 0 N–H and O–H groups in total. The summed E-state index contributed by atoms with van der Waals surface area (Å²) in [6, 6.07) is 5.22. The van der Waals surface area contributed by atoms with Crippen molar-refractivity contribution in [2.24, 2.45) is 0 Å². The van der Waals surface area contributed by atoms with Gasteiger partial charge in [-0.25, -0.2) is 0 Å². The molecule has 0 saturated carbocycles. The van der Waals surface area contributed by atoms with Gasteiger partial charge in [0.15, 0.2) is 11.5 Å². The third-order valence-electron chi connectivity index (χ3n) is 2.24. The first kappa shape index (κ1) is 12.4. The SMILES string of the molecule is O=[N+]([O-])CC(=C(Br)Br)c1ccc2c(c1)OCO2. The zero-order valence-electron chi connectivity index (χ0n) is 8.48. The minimum Gasteiger partial charge on any atom is -0.454 e. The van der Waals surface area contributed by atoms with Gasteiger partial charge in [0.05, 0.1) is 8.96 Å². The molecule has 0 radical (unpaired) electrons. The normalized spacial score (nSPS) is 12.4. The lowest BCUT2D eigenvalue weighted by molar-refractivity contribution is -0.465. The summed E-state index contributed by atoms with van der Waals surface area (Å²) in [7, 11) is 0. The van der Waals surface area contributed by atoms with Crippen molar-refractivity contribution >= 4 is 37.4 Å². The Morgan fingerprint density at radius 3 is 2.71 bits per heavy atom. The molecule has 0 amide bonds. The van der Waals surface area contributed by atoms with E-state index in [2.05, 4.69) is 31.9 Å². The summed E-state index contributed by atoms with van der Waals surface area (Å²) in [4.78, 5) is 10.2. The van der Waals surface area contributed by atoms with Crippen LogP contribution in [0, 0.1) is 10.1 Å². The quantitative estimate of drug-likeness (QED) is 0.610. The Balaban J connectivity index is 2.38. The van der Waals surface area contributed by atoms with Gasteiger partial charge in [0.2, 0.25) is 13.3 Å². The molecule has 7 heteroatoms. The lowest BCUT2D eigenvalue weighted by Crippen LogP contribution is -2.03. The second kappa shape index (κ2) is 5.05. The smallest absolute Gasteiger partial charge is 0.231 e. The molecule has 0 aliphatic carbocycles. The van der Waals surface area contributed by atoms with E-state index in [0.717, 1.165) is 5.56 Å². The average Bonchev–Trinajstić information content (AvgIpc) is 2.72. The van der Waals surface area contributed by atoms with Gasteiger partial charge >= 0.3 is 0 Å². The maximum atomic E-state index is 10.6. The van der Waals surface area contributed by atoms with Crippen LogP contribution in [0.2, 0.25) is 0 Å². The molecule has 5 nitrogen and oxygen atoms in total. The maximum Gasteiger partial charge on any atom is 0.231 e. The van der Waals surface area contributed by atoms with Crippen LogP contribution in [-0.4, -0.2) is 18.3 Å². The summed E-state index contributed by atoms with van der Waals surface area (Å²) in [6.45, 7) is -0.0893. The summed E-state index contributed by atoms with van der Waals surface area (Å²) in [6.07, 6.45) is 0. The highest BCUT2D eigenvalue weighted by Crippen LogP contribution is 2.36. The lowest BCUT2D eigenvalue weighted by atomic mass is 10.1. The zero-order chi connectivity index (χ0) is 12.4. The molecule has 0 unspecified atom stereocenters. The van der Waals surface area contributed by atoms with E-state index in [1.54, 1.807) is 18.2 Å². The Morgan fingerprint density at radius 1 is 1.35 bits per heavy atom. The Kier molecular flexibility index (Phi) is 3.68. The van der Waals surface area contributed by atoms with Crippen molar-refractivity contribution in [3.05, 3.63) is 37.3 Å². The fraction of sp³-hybridized carbons (Fsp3) is 0.200. The summed E-state index contributed by atoms with van der Waals surface area (Å²) >= 11 is 6.41. The van der Waals surface area contributed by atoms with Gasteiger partial charge in [0.1, 0.15) is 0 Å². The molecule has 0 fully saturated rings. The van der Waals surface area contributed by atoms with Crippen molar-refractivity contribution in [2.45, 2.75) is 0 Å². The Morgan fingerprint density at radius 2 is 2.06 bits per heavy atom. The fourth-order valence-corrected chi connectivity index (χ4v) is 2.18. The van der Waals surface area contributed by atoms with Gasteiger partial charge in [-0.1, -0.05) is 6.07 Å². The molecule has 0 atom stereocenters. The number of nitrogens with zero attached hydrogens (tertiary/aromatic N) is 1. The molecule has 1 aliphatic heterocycles. The fourth-order valence-electron chi connectivity index (χ4n) is 1.47. The van der Waals surface area contributed by atoms with E-state index < -0.39 is 0 Å². The van der Waals surface area contributed by atoms with Crippen LogP contribution in [0.3, 0.4) is 0 Å². The molecule has 1 aliphatic rings. The molecule has 0 aromatic heterocycles. The zero-order valence-corrected chi connectivity index (χ0v) is 11.7. The van der Waals surface area contributed by atoms with Gasteiger partial charge in [-0.15, -0.1) is 0 Å². The maximum absolute atomic E-state index is 10.6. The van der Waals surface area contributed by atoms with E-state index >= 15 is 0 Å². The molecule has 90 valence electrons. The van der Waals surface area contributed by atoms with Crippen molar-refractivity contribution in [2.75, 3.05) is 13.3 Å². The highest BCUT2D eigenvalue weighted by molar-refractivity contribution is 9.28. The van der Waals surface area contributed by atoms with Crippen LogP contribution in [0.25, 0.3) is 5.57 Å². The highest BCUT2D eigenvalue weighted by atomic mass is 79.9. The van der Waals surface area contributed by atoms with Gasteiger partial charge in [0, 0.05) is 4.92 Å². The molecule has 0 spiro atoms.